The molecular formula is C17H21NS. The maximum absolute atomic E-state index is 3.70. The summed E-state index contributed by atoms with van der Waals surface area (Å²) in [7, 11) is 0. The highest BCUT2D eigenvalue weighted by Gasteiger charge is 2.25. The van der Waals surface area contributed by atoms with Crippen LogP contribution in [-0.2, 0) is 6.42 Å². The van der Waals surface area contributed by atoms with E-state index in [1.165, 1.54) is 27.3 Å². The van der Waals surface area contributed by atoms with E-state index in [1.54, 1.807) is 5.56 Å². The average Bonchev–Trinajstić information content (AvgIpc) is 2.69. The van der Waals surface area contributed by atoms with Crippen LogP contribution in [0, 0.1) is 13.8 Å². The van der Waals surface area contributed by atoms with Crippen LogP contribution in [0.2, 0.25) is 0 Å². The summed E-state index contributed by atoms with van der Waals surface area (Å²) in [6.07, 6.45) is 1.23. The first kappa shape index (κ1) is 12.9. The first-order valence-electron chi connectivity index (χ1n) is 7.03. The Kier molecular flexibility index (Phi) is 3.46. The summed E-state index contributed by atoms with van der Waals surface area (Å²) >= 11 is 1.90. The van der Waals surface area contributed by atoms with Crippen LogP contribution in [0.5, 0.6) is 0 Å². The summed E-state index contributed by atoms with van der Waals surface area (Å²) in [6, 6.07) is 11.6. The van der Waals surface area contributed by atoms with Crippen molar-refractivity contribution in [2.45, 2.75) is 39.2 Å². The van der Waals surface area contributed by atoms with E-state index < -0.39 is 0 Å². The topological polar surface area (TPSA) is 12.0 Å². The number of hydrogen-bond acceptors (Lipinski definition) is 2. The molecule has 3 rings (SSSR count). The second kappa shape index (κ2) is 5.10. The largest absolute Gasteiger partial charge is 0.310 e. The lowest BCUT2D eigenvalue weighted by molar-refractivity contribution is 0.489. The maximum atomic E-state index is 3.70. The highest BCUT2D eigenvalue weighted by Crippen LogP contribution is 2.35. The van der Waals surface area contributed by atoms with Crippen LogP contribution in [-0.4, -0.2) is 6.54 Å². The molecule has 1 aromatic heterocycles. The van der Waals surface area contributed by atoms with E-state index in [1.807, 2.05) is 11.3 Å². The Morgan fingerprint density at radius 1 is 1.32 bits per heavy atom. The Bertz CT molecular complexity index is 585. The van der Waals surface area contributed by atoms with Gasteiger partial charge >= 0.3 is 0 Å². The van der Waals surface area contributed by atoms with Gasteiger partial charge in [0.25, 0.3) is 0 Å². The van der Waals surface area contributed by atoms with E-state index in [0.717, 1.165) is 6.54 Å². The molecule has 1 N–H and O–H groups in total. The lowest BCUT2D eigenvalue weighted by Crippen LogP contribution is -2.30. The van der Waals surface area contributed by atoms with Crippen molar-refractivity contribution >= 4 is 11.3 Å². The van der Waals surface area contributed by atoms with E-state index in [2.05, 4.69) is 56.4 Å². The fourth-order valence-corrected chi connectivity index (χ4v) is 4.08. The Hall–Kier alpha value is -1.12. The van der Waals surface area contributed by atoms with Crippen LogP contribution >= 0.6 is 11.3 Å². The molecule has 1 nitrogen and oxygen atoms in total. The number of thiophene rings is 1. The van der Waals surface area contributed by atoms with Crippen LogP contribution < -0.4 is 5.32 Å². The zero-order chi connectivity index (χ0) is 13.4. The summed E-state index contributed by atoms with van der Waals surface area (Å²) in [5.41, 5.74) is 4.54. The molecule has 1 aromatic carbocycles. The monoisotopic (exact) mass is 271 g/mol. The van der Waals surface area contributed by atoms with Gasteiger partial charge in [-0.2, -0.15) is 0 Å². The molecule has 19 heavy (non-hydrogen) atoms. The van der Waals surface area contributed by atoms with Gasteiger partial charge < -0.3 is 5.32 Å². The van der Waals surface area contributed by atoms with Crippen LogP contribution in [0.15, 0.2) is 30.3 Å². The smallest absolute Gasteiger partial charge is 0.0303 e. The van der Waals surface area contributed by atoms with Crippen LogP contribution in [0.4, 0.5) is 0 Å². The van der Waals surface area contributed by atoms with Crippen LogP contribution in [0.1, 0.15) is 45.3 Å². The average molecular weight is 271 g/mol. The predicted molar refractivity (Wildman–Crippen MR) is 83.1 cm³/mol. The minimum Gasteiger partial charge on any atom is -0.310 e. The Morgan fingerprint density at radius 2 is 2.11 bits per heavy atom. The van der Waals surface area contributed by atoms with Crippen molar-refractivity contribution in [3.05, 3.63) is 56.8 Å². The summed E-state index contributed by atoms with van der Waals surface area (Å²) in [6.45, 7) is 7.78. The molecule has 100 valence electrons. The third-order valence-corrected chi connectivity index (χ3v) is 5.16. The van der Waals surface area contributed by atoms with Crippen molar-refractivity contribution in [3.63, 3.8) is 0 Å². The zero-order valence-corrected chi connectivity index (χ0v) is 12.7. The van der Waals surface area contributed by atoms with Crippen molar-refractivity contribution in [1.82, 2.24) is 5.32 Å². The molecule has 0 fully saturated rings. The molecule has 2 atom stereocenters. The molecule has 1 aliphatic rings. The van der Waals surface area contributed by atoms with Gasteiger partial charge in [-0.25, -0.2) is 0 Å². The number of rotatable bonds is 4. The SMILES string of the molecule is Cc1cc(C(C)NCC2Cc3ccccc32)c(C)s1. The van der Waals surface area contributed by atoms with Gasteiger partial charge in [-0.3, -0.25) is 0 Å². The number of aryl methyl sites for hydroxylation is 2. The number of fused-ring (bicyclic) bond motifs is 1. The number of nitrogens with one attached hydrogen (secondary N) is 1. The van der Waals surface area contributed by atoms with Crippen molar-refractivity contribution < 1.29 is 0 Å². The second-order valence-electron chi connectivity index (χ2n) is 5.60. The van der Waals surface area contributed by atoms with Crippen molar-refractivity contribution in [2.75, 3.05) is 6.54 Å². The molecule has 0 saturated heterocycles. The molecule has 2 aromatic rings. The highest BCUT2D eigenvalue weighted by atomic mass is 32.1. The summed E-state index contributed by atoms with van der Waals surface area (Å²) in [5.74, 6) is 0.707. The fourth-order valence-electron chi connectivity index (χ4n) is 3.05. The quantitative estimate of drug-likeness (QED) is 0.871. The second-order valence-corrected chi connectivity index (χ2v) is 7.06. The lowest BCUT2D eigenvalue weighted by atomic mass is 9.77. The van der Waals surface area contributed by atoms with Crippen LogP contribution in [0.3, 0.4) is 0 Å². The molecule has 0 bridgehead atoms. The maximum Gasteiger partial charge on any atom is 0.0303 e. The van der Waals surface area contributed by atoms with Gasteiger partial charge in [0.15, 0.2) is 0 Å². The fraction of sp³-hybridized carbons (Fsp3) is 0.412. The standard InChI is InChI=1S/C17H21NS/c1-11-8-17(13(3)19-11)12(2)18-10-15-9-14-6-4-5-7-16(14)15/h4-8,12,15,18H,9-10H2,1-3H3. The van der Waals surface area contributed by atoms with Crippen molar-refractivity contribution in [3.8, 4) is 0 Å². The van der Waals surface area contributed by atoms with Crippen molar-refractivity contribution in [1.29, 1.82) is 0 Å². The number of hydrogen-bond donors (Lipinski definition) is 1. The summed E-state index contributed by atoms with van der Waals surface area (Å²) in [5, 5.41) is 3.70. The molecule has 1 aliphatic carbocycles. The Morgan fingerprint density at radius 3 is 2.79 bits per heavy atom. The molecule has 1 heterocycles. The van der Waals surface area contributed by atoms with Crippen molar-refractivity contribution in [2.24, 2.45) is 0 Å². The predicted octanol–water partition coefficient (Wildman–Crippen LogP) is 4.36. The highest BCUT2D eigenvalue weighted by molar-refractivity contribution is 7.12. The minimum atomic E-state index is 0.456. The molecule has 2 heteroatoms. The van der Waals surface area contributed by atoms with Gasteiger partial charge in [0.2, 0.25) is 0 Å². The molecule has 0 spiro atoms. The third-order valence-electron chi connectivity index (χ3n) is 4.18. The van der Waals surface area contributed by atoms with E-state index >= 15 is 0 Å². The van der Waals surface area contributed by atoms with E-state index in [0.29, 0.717) is 12.0 Å². The van der Waals surface area contributed by atoms with Gasteiger partial charge in [-0.1, -0.05) is 24.3 Å². The summed E-state index contributed by atoms with van der Waals surface area (Å²) in [4.78, 5) is 2.86. The summed E-state index contributed by atoms with van der Waals surface area (Å²) < 4.78 is 0. The lowest BCUT2D eigenvalue weighted by Gasteiger charge is -2.31. The van der Waals surface area contributed by atoms with Gasteiger partial charge in [-0.15, -0.1) is 11.3 Å². The molecule has 0 aliphatic heterocycles. The Labute approximate surface area is 119 Å². The third kappa shape index (κ3) is 2.47. The van der Waals surface area contributed by atoms with Gasteiger partial charge in [0, 0.05) is 28.3 Å². The first-order chi connectivity index (χ1) is 9.15. The normalized spacial score (nSPS) is 18.8. The molecule has 0 amide bonds. The van der Waals surface area contributed by atoms with Gasteiger partial charge in [0.05, 0.1) is 0 Å². The first-order valence-corrected chi connectivity index (χ1v) is 7.85. The van der Waals surface area contributed by atoms with E-state index in [9.17, 15) is 0 Å². The van der Waals surface area contributed by atoms with Gasteiger partial charge in [-0.05, 0) is 49.9 Å². The Balaban J connectivity index is 1.61. The molecule has 0 saturated carbocycles. The van der Waals surface area contributed by atoms with Gasteiger partial charge in [0.1, 0.15) is 0 Å². The van der Waals surface area contributed by atoms with E-state index in [-0.39, 0.29) is 0 Å². The van der Waals surface area contributed by atoms with E-state index in [4.69, 9.17) is 0 Å². The number of benzene rings is 1. The zero-order valence-electron chi connectivity index (χ0n) is 11.9. The van der Waals surface area contributed by atoms with Crippen LogP contribution in [0.25, 0.3) is 0 Å². The molecule has 2 unspecified atom stereocenters. The minimum absolute atomic E-state index is 0.456. The molecule has 0 radical (unpaired) electrons. The molecular weight excluding hydrogens is 250 g/mol.